The third-order valence-electron chi connectivity index (χ3n) is 1.08. The molecule has 3 nitrogen and oxygen atoms in total. The monoisotopic (exact) mass is 145 g/mol. The maximum absolute atomic E-state index is 10.4. The fraction of sp³-hybridized carbons (Fsp3) is 0.857. The number of carbonyl (C=O) groups excluding carboxylic acids is 1. The van der Waals surface area contributed by atoms with Gasteiger partial charge in [0.25, 0.3) is 0 Å². The van der Waals surface area contributed by atoms with Crippen molar-refractivity contribution < 1.29 is 9.53 Å². The van der Waals surface area contributed by atoms with Crippen LogP contribution >= 0.6 is 0 Å². The van der Waals surface area contributed by atoms with Crippen LogP contribution in [0.4, 0.5) is 0 Å². The van der Waals surface area contributed by atoms with E-state index in [1.54, 1.807) is 6.92 Å². The molecule has 1 unspecified atom stereocenters. The van der Waals surface area contributed by atoms with E-state index < -0.39 is 12.0 Å². The van der Waals surface area contributed by atoms with Gasteiger partial charge in [-0.15, -0.1) is 0 Å². The number of amides is 1. The summed E-state index contributed by atoms with van der Waals surface area (Å²) in [5, 5.41) is 0. The highest BCUT2D eigenvalue weighted by Gasteiger charge is 2.08. The number of rotatable bonds is 4. The lowest BCUT2D eigenvalue weighted by Crippen LogP contribution is -2.29. The Morgan fingerprint density at radius 3 is 2.30 bits per heavy atom. The fourth-order valence-electron chi connectivity index (χ4n) is 0.419. The number of hydrogen-bond acceptors (Lipinski definition) is 2. The summed E-state index contributed by atoms with van der Waals surface area (Å²) in [7, 11) is 0. The van der Waals surface area contributed by atoms with Crippen LogP contribution in [0.3, 0.4) is 0 Å². The Labute approximate surface area is 61.5 Å². The zero-order valence-corrected chi connectivity index (χ0v) is 6.76. The van der Waals surface area contributed by atoms with Gasteiger partial charge in [-0.1, -0.05) is 13.8 Å². The molecule has 0 spiro atoms. The van der Waals surface area contributed by atoms with Gasteiger partial charge in [0, 0.05) is 6.61 Å². The molecule has 2 N–H and O–H groups in total. The lowest BCUT2D eigenvalue weighted by Gasteiger charge is -2.10. The first-order valence-corrected chi connectivity index (χ1v) is 3.45. The highest BCUT2D eigenvalue weighted by molar-refractivity contribution is 5.78. The lowest BCUT2D eigenvalue weighted by atomic mass is 10.2. The average Bonchev–Trinajstić information content (AvgIpc) is 1.82. The van der Waals surface area contributed by atoms with Crippen molar-refractivity contribution in [3.8, 4) is 0 Å². The van der Waals surface area contributed by atoms with Gasteiger partial charge in [0.15, 0.2) is 0 Å². The molecule has 3 heteroatoms. The zero-order chi connectivity index (χ0) is 8.15. The summed E-state index contributed by atoms with van der Waals surface area (Å²) >= 11 is 0. The summed E-state index contributed by atoms with van der Waals surface area (Å²) in [6, 6.07) is 0. The topological polar surface area (TPSA) is 52.3 Å². The molecule has 0 aromatic carbocycles. The lowest BCUT2D eigenvalue weighted by molar-refractivity contribution is -0.128. The van der Waals surface area contributed by atoms with E-state index in [9.17, 15) is 4.79 Å². The first-order chi connectivity index (χ1) is 4.54. The molecule has 0 rings (SSSR count). The summed E-state index contributed by atoms with van der Waals surface area (Å²) in [5.41, 5.74) is 4.96. The number of carbonyl (C=O) groups is 1. The number of primary amides is 1. The largest absolute Gasteiger partial charge is 0.368 e. The van der Waals surface area contributed by atoms with Crippen LogP contribution in [0.15, 0.2) is 0 Å². The molecule has 60 valence electrons. The second kappa shape index (κ2) is 4.28. The van der Waals surface area contributed by atoms with E-state index in [4.69, 9.17) is 10.5 Å². The van der Waals surface area contributed by atoms with Crippen LogP contribution in [0.5, 0.6) is 0 Å². The van der Waals surface area contributed by atoms with Crippen LogP contribution in [0, 0.1) is 5.92 Å². The van der Waals surface area contributed by atoms with Crippen molar-refractivity contribution in [1.29, 1.82) is 0 Å². The van der Waals surface area contributed by atoms with E-state index in [1.807, 2.05) is 13.8 Å². The Hall–Kier alpha value is -0.570. The van der Waals surface area contributed by atoms with Gasteiger partial charge < -0.3 is 10.5 Å². The van der Waals surface area contributed by atoms with Gasteiger partial charge in [0.1, 0.15) is 6.10 Å². The third kappa shape index (κ3) is 4.32. The van der Waals surface area contributed by atoms with Crippen LogP contribution in [-0.4, -0.2) is 18.6 Å². The second-order valence-corrected chi connectivity index (χ2v) is 2.77. The molecular weight excluding hydrogens is 130 g/mol. The van der Waals surface area contributed by atoms with E-state index in [1.165, 1.54) is 0 Å². The van der Waals surface area contributed by atoms with Gasteiger partial charge in [-0.3, -0.25) is 4.79 Å². The number of ether oxygens (including phenoxy) is 1. The minimum Gasteiger partial charge on any atom is -0.368 e. The van der Waals surface area contributed by atoms with Gasteiger partial charge in [-0.2, -0.15) is 0 Å². The van der Waals surface area contributed by atoms with Crippen LogP contribution in [0.25, 0.3) is 0 Å². The van der Waals surface area contributed by atoms with Crippen LogP contribution < -0.4 is 5.73 Å². The molecule has 0 heterocycles. The smallest absolute Gasteiger partial charge is 0.246 e. The molecule has 0 fully saturated rings. The highest BCUT2D eigenvalue weighted by Crippen LogP contribution is 1.96. The first kappa shape index (κ1) is 9.43. The molecule has 1 atom stereocenters. The highest BCUT2D eigenvalue weighted by atomic mass is 16.5. The minimum atomic E-state index is -0.456. The summed E-state index contributed by atoms with van der Waals surface area (Å²) in [6.07, 6.45) is -0.456. The van der Waals surface area contributed by atoms with Gasteiger partial charge in [0.2, 0.25) is 5.91 Å². The van der Waals surface area contributed by atoms with Crippen LogP contribution in [0.2, 0.25) is 0 Å². The summed E-state index contributed by atoms with van der Waals surface area (Å²) in [5.74, 6) is 0.0439. The summed E-state index contributed by atoms with van der Waals surface area (Å²) in [6.45, 7) is 6.29. The Morgan fingerprint density at radius 1 is 1.50 bits per heavy atom. The van der Waals surface area contributed by atoms with E-state index in [-0.39, 0.29) is 0 Å². The van der Waals surface area contributed by atoms with Crippen LogP contribution in [0.1, 0.15) is 20.8 Å². The Balaban J connectivity index is 3.40. The Morgan fingerprint density at radius 2 is 2.00 bits per heavy atom. The molecule has 0 aromatic heterocycles. The Kier molecular flexibility index (Phi) is 4.03. The predicted octanol–water partition coefficient (Wildman–Crippen LogP) is 0.533. The van der Waals surface area contributed by atoms with Crippen molar-refractivity contribution in [3.63, 3.8) is 0 Å². The van der Waals surface area contributed by atoms with E-state index in [0.717, 1.165) is 0 Å². The second-order valence-electron chi connectivity index (χ2n) is 2.77. The number of nitrogens with two attached hydrogens (primary N) is 1. The molecule has 0 aliphatic carbocycles. The normalized spacial score (nSPS) is 13.6. The van der Waals surface area contributed by atoms with E-state index in [0.29, 0.717) is 12.5 Å². The molecule has 0 saturated heterocycles. The van der Waals surface area contributed by atoms with Crippen molar-refractivity contribution in [3.05, 3.63) is 0 Å². The quantitative estimate of drug-likeness (QED) is 0.627. The molecule has 0 aromatic rings. The standard InChI is InChI=1S/C7H15NO2/c1-5(2)4-10-6(3)7(8)9/h5-6H,4H2,1-3H3,(H2,8,9). The van der Waals surface area contributed by atoms with Crippen molar-refractivity contribution in [2.45, 2.75) is 26.9 Å². The first-order valence-electron chi connectivity index (χ1n) is 3.45. The fourth-order valence-corrected chi connectivity index (χ4v) is 0.419. The molecule has 0 bridgehead atoms. The molecular formula is C7H15NO2. The SMILES string of the molecule is CC(C)COC(C)C(N)=O. The van der Waals surface area contributed by atoms with Gasteiger partial charge in [0.05, 0.1) is 0 Å². The minimum absolute atomic E-state index is 0.402. The molecule has 0 aliphatic heterocycles. The third-order valence-corrected chi connectivity index (χ3v) is 1.08. The van der Waals surface area contributed by atoms with Crippen molar-refractivity contribution in [2.24, 2.45) is 11.7 Å². The van der Waals surface area contributed by atoms with Crippen LogP contribution in [-0.2, 0) is 9.53 Å². The zero-order valence-electron chi connectivity index (χ0n) is 6.76. The van der Waals surface area contributed by atoms with E-state index in [2.05, 4.69) is 0 Å². The average molecular weight is 145 g/mol. The maximum atomic E-state index is 10.4. The molecule has 0 saturated carbocycles. The Bertz CT molecular complexity index is 112. The molecule has 0 radical (unpaired) electrons. The van der Waals surface area contributed by atoms with Crippen molar-refractivity contribution >= 4 is 5.91 Å². The molecule has 0 aliphatic rings. The summed E-state index contributed by atoms with van der Waals surface area (Å²) < 4.78 is 5.09. The van der Waals surface area contributed by atoms with Crippen molar-refractivity contribution in [2.75, 3.05) is 6.61 Å². The molecule has 1 amide bonds. The van der Waals surface area contributed by atoms with Gasteiger partial charge in [-0.05, 0) is 12.8 Å². The van der Waals surface area contributed by atoms with Gasteiger partial charge in [-0.25, -0.2) is 0 Å². The number of hydrogen-bond donors (Lipinski definition) is 1. The predicted molar refractivity (Wildman–Crippen MR) is 39.4 cm³/mol. The van der Waals surface area contributed by atoms with Crippen molar-refractivity contribution in [1.82, 2.24) is 0 Å². The maximum Gasteiger partial charge on any atom is 0.246 e. The van der Waals surface area contributed by atoms with E-state index >= 15 is 0 Å². The van der Waals surface area contributed by atoms with Gasteiger partial charge >= 0.3 is 0 Å². The molecule has 10 heavy (non-hydrogen) atoms. The summed E-state index contributed by atoms with van der Waals surface area (Å²) in [4.78, 5) is 10.4.